The van der Waals surface area contributed by atoms with E-state index in [2.05, 4.69) is 20.3 Å². The summed E-state index contributed by atoms with van der Waals surface area (Å²) in [6, 6.07) is 13.6. The number of nitro benzene ring substituents is 1. The van der Waals surface area contributed by atoms with Gasteiger partial charge in [0.25, 0.3) is 5.69 Å². The quantitative estimate of drug-likeness (QED) is 0.160. The number of amidine groups is 1. The molecule has 0 atom stereocenters. The van der Waals surface area contributed by atoms with E-state index in [1.807, 2.05) is 12.1 Å². The number of ketones is 1. The highest BCUT2D eigenvalue weighted by Crippen LogP contribution is 2.33. The van der Waals surface area contributed by atoms with E-state index in [1.54, 1.807) is 60.6 Å². The Balaban J connectivity index is 1.44. The number of thioether (sulfide) groups is 1. The molecule has 0 amide bonds. The van der Waals surface area contributed by atoms with Crippen LogP contribution in [0.3, 0.4) is 0 Å². The Morgan fingerprint density at radius 1 is 1.15 bits per heavy atom. The van der Waals surface area contributed by atoms with Crippen molar-refractivity contribution in [3.63, 3.8) is 0 Å². The van der Waals surface area contributed by atoms with Crippen molar-refractivity contribution in [3.05, 3.63) is 88.2 Å². The van der Waals surface area contributed by atoms with Crippen LogP contribution < -0.4 is 5.32 Å². The highest BCUT2D eigenvalue weighted by molar-refractivity contribution is 8.14. The minimum absolute atomic E-state index is 0.0685. The largest absolute Gasteiger partial charge is 0.335 e. The Morgan fingerprint density at radius 3 is 2.64 bits per heavy atom. The number of carbonyl (C=O) groups is 1. The maximum atomic E-state index is 12.6. The van der Waals surface area contributed by atoms with Gasteiger partial charge in [-0.25, -0.2) is 9.97 Å². The molecule has 0 spiro atoms. The second-order valence-corrected chi connectivity index (χ2v) is 9.00. The van der Waals surface area contributed by atoms with Gasteiger partial charge in [0.05, 0.1) is 9.82 Å². The van der Waals surface area contributed by atoms with Gasteiger partial charge < -0.3 is 5.32 Å². The zero-order valence-electron chi connectivity index (χ0n) is 17.4. The van der Waals surface area contributed by atoms with Crippen LogP contribution >= 0.6 is 23.5 Å². The first-order valence-corrected chi connectivity index (χ1v) is 11.9. The summed E-state index contributed by atoms with van der Waals surface area (Å²) in [5.74, 6) is 0.857. The third-order valence-corrected chi connectivity index (χ3v) is 6.52. The predicted octanol–water partition coefficient (Wildman–Crippen LogP) is 5.34. The van der Waals surface area contributed by atoms with Crippen LogP contribution in [0.5, 0.6) is 0 Å². The van der Waals surface area contributed by atoms with E-state index in [0.717, 1.165) is 41.3 Å². The number of nitrogens with zero attached hydrogens (tertiary/aromatic N) is 4. The van der Waals surface area contributed by atoms with Crippen molar-refractivity contribution in [2.24, 2.45) is 4.99 Å². The predicted molar refractivity (Wildman–Crippen MR) is 132 cm³/mol. The molecule has 0 aliphatic carbocycles. The van der Waals surface area contributed by atoms with Crippen molar-refractivity contribution in [1.82, 2.24) is 9.97 Å². The van der Waals surface area contributed by atoms with Crippen LogP contribution in [-0.4, -0.2) is 38.1 Å². The Kier molecular flexibility index (Phi) is 7.48. The number of hydrogen-bond donors (Lipinski definition) is 1. The van der Waals surface area contributed by atoms with E-state index in [-0.39, 0.29) is 11.5 Å². The molecule has 2 heterocycles. The zero-order valence-corrected chi connectivity index (χ0v) is 19.0. The van der Waals surface area contributed by atoms with E-state index < -0.39 is 4.92 Å². The molecule has 8 nitrogen and oxygen atoms in total. The zero-order chi connectivity index (χ0) is 23.0. The number of allylic oxidation sites excluding steroid dienone is 1. The molecule has 3 aromatic rings. The summed E-state index contributed by atoms with van der Waals surface area (Å²) in [7, 11) is 0. The summed E-state index contributed by atoms with van der Waals surface area (Å²) in [5.41, 5.74) is 1.88. The summed E-state index contributed by atoms with van der Waals surface area (Å²) >= 11 is 2.80. The number of anilines is 1. The topological polar surface area (TPSA) is 110 Å². The van der Waals surface area contributed by atoms with E-state index in [9.17, 15) is 14.9 Å². The molecule has 2 aromatic carbocycles. The second-order valence-electron chi connectivity index (χ2n) is 6.91. The Bertz CT molecular complexity index is 1210. The summed E-state index contributed by atoms with van der Waals surface area (Å²) < 4.78 is 0. The smallest absolute Gasteiger partial charge is 0.283 e. The normalized spacial score (nSPS) is 13.5. The fourth-order valence-electron chi connectivity index (χ4n) is 2.95. The number of hydrogen-bond acceptors (Lipinski definition) is 9. The lowest BCUT2D eigenvalue weighted by Crippen LogP contribution is -2.13. The molecule has 166 valence electrons. The molecule has 0 saturated carbocycles. The SMILES string of the molecule is O=C(/C=C\c1ccc(Sc2ncccn2)c([N+](=O)[O-])c1)c1ccc(NC2=NCCCS2)cc1. The fraction of sp³-hybridized carbons (Fsp3) is 0.130. The lowest BCUT2D eigenvalue weighted by Gasteiger charge is -2.13. The number of aromatic nitrogens is 2. The van der Waals surface area contributed by atoms with Gasteiger partial charge in [-0.15, -0.1) is 0 Å². The highest BCUT2D eigenvalue weighted by Gasteiger charge is 2.16. The molecule has 0 radical (unpaired) electrons. The molecule has 10 heteroatoms. The summed E-state index contributed by atoms with van der Waals surface area (Å²) in [4.78, 5) is 36.7. The first kappa shape index (κ1) is 22.7. The van der Waals surface area contributed by atoms with Gasteiger partial charge in [-0.1, -0.05) is 23.9 Å². The number of nitro groups is 1. The number of rotatable bonds is 7. The van der Waals surface area contributed by atoms with Gasteiger partial charge in [-0.3, -0.25) is 19.9 Å². The van der Waals surface area contributed by atoms with Gasteiger partial charge >= 0.3 is 0 Å². The molecule has 0 saturated heterocycles. The molecule has 4 rings (SSSR count). The van der Waals surface area contributed by atoms with Crippen LogP contribution in [0.15, 0.2) is 82.0 Å². The van der Waals surface area contributed by atoms with E-state index in [1.165, 1.54) is 12.1 Å². The molecule has 33 heavy (non-hydrogen) atoms. The molecule has 1 aliphatic rings. The first-order chi connectivity index (χ1) is 16.1. The molecule has 1 N–H and O–H groups in total. The lowest BCUT2D eigenvalue weighted by atomic mass is 10.1. The van der Waals surface area contributed by atoms with Crippen LogP contribution in [0.25, 0.3) is 6.08 Å². The molecular formula is C23H19N5O3S2. The van der Waals surface area contributed by atoms with Crippen molar-refractivity contribution in [1.29, 1.82) is 0 Å². The molecule has 0 unspecified atom stereocenters. The second kappa shape index (κ2) is 10.9. The van der Waals surface area contributed by atoms with Gasteiger partial charge in [-0.2, -0.15) is 0 Å². The Morgan fingerprint density at radius 2 is 1.94 bits per heavy atom. The number of carbonyl (C=O) groups excluding carboxylic acids is 1. The molecule has 0 bridgehead atoms. The molecule has 1 aromatic heterocycles. The van der Waals surface area contributed by atoms with E-state index >= 15 is 0 Å². The van der Waals surface area contributed by atoms with Gasteiger partial charge in [0.1, 0.15) is 0 Å². The van der Waals surface area contributed by atoms with Crippen molar-refractivity contribution >= 4 is 51.9 Å². The Hall–Kier alpha value is -3.50. The summed E-state index contributed by atoms with van der Waals surface area (Å²) in [6.45, 7) is 0.828. The van der Waals surface area contributed by atoms with Gasteiger partial charge in [0.2, 0.25) is 0 Å². The molecular weight excluding hydrogens is 458 g/mol. The van der Waals surface area contributed by atoms with Gasteiger partial charge in [0, 0.05) is 42.0 Å². The highest BCUT2D eigenvalue weighted by atomic mass is 32.2. The third-order valence-electron chi connectivity index (χ3n) is 4.57. The van der Waals surface area contributed by atoms with E-state index in [4.69, 9.17) is 0 Å². The van der Waals surface area contributed by atoms with Gasteiger partial charge in [-0.05, 0) is 66.2 Å². The van der Waals surface area contributed by atoms with E-state index in [0.29, 0.717) is 21.2 Å². The standard InChI is InChI=1S/C23H19N5O3S2/c29-20(17-5-7-18(8-6-17)27-23-26-13-2-14-32-23)9-3-16-4-10-21(19(15-16)28(30)31)33-22-24-11-1-12-25-22/h1,3-12,15H,2,13-14H2,(H,26,27)/b9-3-. The van der Waals surface area contributed by atoms with Crippen molar-refractivity contribution in [2.75, 3.05) is 17.6 Å². The molecule has 1 aliphatic heterocycles. The average Bonchev–Trinajstić information content (AvgIpc) is 2.85. The van der Waals surface area contributed by atoms with Crippen molar-refractivity contribution in [2.45, 2.75) is 16.5 Å². The number of nitrogens with one attached hydrogen (secondary N) is 1. The van der Waals surface area contributed by atoms with Crippen LogP contribution in [0.2, 0.25) is 0 Å². The summed E-state index contributed by atoms with van der Waals surface area (Å²) in [5, 5.41) is 16.1. The maximum Gasteiger partial charge on any atom is 0.283 e. The average molecular weight is 478 g/mol. The van der Waals surface area contributed by atoms with Crippen LogP contribution in [-0.2, 0) is 0 Å². The summed E-state index contributed by atoms with van der Waals surface area (Å²) in [6.07, 6.45) is 7.23. The monoisotopic (exact) mass is 477 g/mol. The number of aliphatic imine (C=N–C) groups is 1. The van der Waals surface area contributed by atoms with Crippen LogP contribution in [0, 0.1) is 10.1 Å². The first-order valence-electron chi connectivity index (χ1n) is 10.1. The minimum atomic E-state index is -0.453. The van der Waals surface area contributed by atoms with Crippen LogP contribution in [0.4, 0.5) is 11.4 Å². The minimum Gasteiger partial charge on any atom is -0.335 e. The van der Waals surface area contributed by atoms with Crippen molar-refractivity contribution in [3.8, 4) is 0 Å². The van der Waals surface area contributed by atoms with Gasteiger partial charge in [0.15, 0.2) is 16.1 Å². The third kappa shape index (κ3) is 6.27. The Labute approximate surface area is 198 Å². The number of benzene rings is 2. The maximum absolute atomic E-state index is 12.6. The molecule has 0 fully saturated rings. The van der Waals surface area contributed by atoms with Crippen molar-refractivity contribution < 1.29 is 9.72 Å². The fourth-order valence-corrected chi connectivity index (χ4v) is 4.59. The lowest BCUT2D eigenvalue weighted by molar-refractivity contribution is -0.387. The van der Waals surface area contributed by atoms with Crippen LogP contribution in [0.1, 0.15) is 22.3 Å².